The summed E-state index contributed by atoms with van der Waals surface area (Å²) in [6.07, 6.45) is 0.584. The first-order valence-corrected chi connectivity index (χ1v) is 8.87. The van der Waals surface area contributed by atoms with Gasteiger partial charge in [-0.15, -0.1) is 0 Å². The number of rotatable bonds is 4. The SMILES string of the molecule is Cc1cc(N2CCCS2(=O)=O)ccc1C(=O)N(C)C(C)C(=O)O. The first-order chi connectivity index (χ1) is 10.6. The summed E-state index contributed by atoms with van der Waals surface area (Å²) >= 11 is 0. The number of hydrogen-bond acceptors (Lipinski definition) is 4. The molecule has 1 atom stereocenters. The number of likely N-dealkylation sites (N-methyl/N-ethyl adjacent to an activating group) is 1. The van der Waals surface area contributed by atoms with Gasteiger partial charge in [0.25, 0.3) is 5.91 Å². The number of aryl methyl sites for hydroxylation is 1. The van der Waals surface area contributed by atoms with Gasteiger partial charge in [0, 0.05) is 19.2 Å². The molecule has 1 saturated heterocycles. The number of carbonyl (C=O) groups excluding carboxylic acids is 1. The molecule has 1 unspecified atom stereocenters. The maximum absolute atomic E-state index is 12.4. The smallest absolute Gasteiger partial charge is 0.326 e. The number of aliphatic carboxylic acids is 1. The van der Waals surface area contributed by atoms with E-state index in [1.54, 1.807) is 25.1 Å². The van der Waals surface area contributed by atoms with Crippen molar-refractivity contribution in [3.63, 3.8) is 0 Å². The summed E-state index contributed by atoms with van der Waals surface area (Å²) in [5.74, 6) is -1.36. The van der Waals surface area contributed by atoms with E-state index in [0.29, 0.717) is 29.8 Å². The average molecular weight is 340 g/mol. The van der Waals surface area contributed by atoms with E-state index in [-0.39, 0.29) is 5.75 Å². The van der Waals surface area contributed by atoms with E-state index >= 15 is 0 Å². The van der Waals surface area contributed by atoms with Crippen LogP contribution in [0.15, 0.2) is 18.2 Å². The van der Waals surface area contributed by atoms with Gasteiger partial charge >= 0.3 is 5.97 Å². The van der Waals surface area contributed by atoms with Crippen LogP contribution in [0.1, 0.15) is 29.3 Å². The molecule has 8 heteroatoms. The molecule has 7 nitrogen and oxygen atoms in total. The summed E-state index contributed by atoms with van der Waals surface area (Å²) < 4.78 is 25.2. The van der Waals surface area contributed by atoms with Crippen molar-refractivity contribution in [1.82, 2.24) is 4.90 Å². The normalized spacial score (nSPS) is 17.8. The molecule has 126 valence electrons. The van der Waals surface area contributed by atoms with E-state index in [9.17, 15) is 18.0 Å². The fourth-order valence-corrected chi connectivity index (χ4v) is 4.06. The van der Waals surface area contributed by atoms with Crippen molar-refractivity contribution in [2.75, 3.05) is 23.7 Å². The first kappa shape index (κ1) is 17.3. The molecular weight excluding hydrogens is 320 g/mol. The Morgan fingerprint density at radius 1 is 1.35 bits per heavy atom. The lowest BCUT2D eigenvalue weighted by Crippen LogP contribution is -2.40. The van der Waals surface area contributed by atoms with Gasteiger partial charge in [-0.25, -0.2) is 13.2 Å². The van der Waals surface area contributed by atoms with Gasteiger partial charge in [0.15, 0.2) is 0 Å². The van der Waals surface area contributed by atoms with Crippen molar-refractivity contribution in [3.05, 3.63) is 29.3 Å². The molecule has 0 saturated carbocycles. The van der Waals surface area contributed by atoms with Gasteiger partial charge in [-0.1, -0.05) is 0 Å². The highest BCUT2D eigenvalue weighted by molar-refractivity contribution is 7.93. The van der Waals surface area contributed by atoms with Crippen LogP contribution in [0.5, 0.6) is 0 Å². The minimum atomic E-state index is -3.27. The van der Waals surface area contributed by atoms with Gasteiger partial charge in [-0.05, 0) is 44.0 Å². The molecule has 0 aliphatic carbocycles. The number of carboxylic acid groups (broad SMARTS) is 1. The Labute approximate surface area is 135 Å². The van der Waals surface area contributed by atoms with Gasteiger partial charge in [-0.3, -0.25) is 9.10 Å². The van der Waals surface area contributed by atoms with E-state index in [1.165, 1.54) is 18.3 Å². The van der Waals surface area contributed by atoms with E-state index in [0.717, 1.165) is 4.90 Å². The van der Waals surface area contributed by atoms with Crippen LogP contribution in [0.25, 0.3) is 0 Å². The molecule has 0 spiro atoms. The lowest BCUT2D eigenvalue weighted by molar-refractivity contribution is -0.141. The predicted octanol–water partition coefficient (Wildman–Crippen LogP) is 1.08. The minimum absolute atomic E-state index is 0.131. The zero-order valence-corrected chi connectivity index (χ0v) is 14.1. The lowest BCUT2D eigenvalue weighted by Gasteiger charge is -2.23. The fourth-order valence-electron chi connectivity index (χ4n) is 2.50. The second-order valence-electron chi connectivity index (χ2n) is 5.67. The van der Waals surface area contributed by atoms with Crippen molar-refractivity contribution < 1.29 is 23.1 Å². The van der Waals surface area contributed by atoms with Crippen LogP contribution >= 0.6 is 0 Å². The minimum Gasteiger partial charge on any atom is -0.480 e. The predicted molar refractivity (Wildman–Crippen MR) is 86.1 cm³/mol. The quantitative estimate of drug-likeness (QED) is 0.885. The van der Waals surface area contributed by atoms with Gasteiger partial charge in [0.1, 0.15) is 6.04 Å². The number of nitrogens with zero attached hydrogens (tertiary/aromatic N) is 2. The molecular formula is C15H20N2O5S. The van der Waals surface area contributed by atoms with Crippen molar-refractivity contribution in [3.8, 4) is 0 Å². The van der Waals surface area contributed by atoms with Crippen LogP contribution in [-0.4, -0.2) is 55.7 Å². The van der Waals surface area contributed by atoms with Crippen molar-refractivity contribution in [2.24, 2.45) is 0 Å². The zero-order valence-electron chi connectivity index (χ0n) is 13.3. The highest BCUT2D eigenvalue weighted by Gasteiger charge is 2.29. The standard InChI is InChI=1S/C15H20N2O5S/c1-10-9-12(17-7-4-8-23(17,21)22)5-6-13(10)14(18)16(3)11(2)15(19)20/h5-6,9,11H,4,7-8H2,1-3H3,(H,19,20). The second kappa shape index (κ2) is 6.19. The van der Waals surface area contributed by atoms with Crippen LogP contribution in [0.2, 0.25) is 0 Å². The fraction of sp³-hybridized carbons (Fsp3) is 0.467. The van der Waals surface area contributed by atoms with Gasteiger partial charge in [-0.2, -0.15) is 0 Å². The number of carboxylic acids is 1. The summed E-state index contributed by atoms with van der Waals surface area (Å²) in [4.78, 5) is 24.5. The molecule has 0 radical (unpaired) electrons. The molecule has 1 aromatic carbocycles. The molecule has 0 bridgehead atoms. The number of carbonyl (C=O) groups is 2. The van der Waals surface area contributed by atoms with Gasteiger partial charge in [0.2, 0.25) is 10.0 Å². The number of sulfonamides is 1. The summed E-state index contributed by atoms with van der Waals surface area (Å²) in [6.45, 7) is 3.57. The van der Waals surface area contributed by atoms with E-state index < -0.39 is 27.9 Å². The molecule has 1 aromatic rings. The number of anilines is 1. The monoisotopic (exact) mass is 340 g/mol. The van der Waals surface area contributed by atoms with E-state index in [1.807, 2.05) is 0 Å². The second-order valence-corrected chi connectivity index (χ2v) is 7.68. The molecule has 1 fully saturated rings. The summed E-state index contributed by atoms with van der Waals surface area (Å²) in [5.41, 5.74) is 1.51. The third-order valence-corrected chi connectivity index (χ3v) is 5.96. The average Bonchev–Trinajstić information content (AvgIpc) is 2.84. The summed E-state index contributed by atoms with van der Waals surface area (Å²) in [6, 6.07) is 3.84. The largest absolute Gasteiger partial charge is 0.480 e. The Bertz CT molecular complexity index is 744. The first-order valence-electron chi connectivity index (χ1n) is 7.26. The Balaban J connectivity index is 2.30. The highest BCUT2D eigenvalue weighted by Crippen LogP contribution is 2.26. The number of amides is 1. The van der Waals surface area contributed by atoms with Gasteiger partial charge < -0.3 is 10.0 Å². The van der Waals surface area contributed by atoms with Crippen molar-refractivity contribution in [2.45, 2.75) is 26.3 Å². The number of hydrogen-bond donors (Lipinski definition) is 1. The highest BCUT2D eigenvalue weighted by atomic mass is 32.2. The Morgan fingerprint density at radius 3 is 2.48 bits per heavy atom. The van der Waals surface area contributed by atoms with Crippen LogP contribution in [0.3, 0.4) is 0 Å². The van der Waals surface area contributed by atoms with Crippen LogP contribution in [0.4, 0.5) is 5.69 Å². The molecule has 0 aromatic heterocycles. The Kier molecular flexibility index (Phi) is 4.65. The van der Waals surface area contributed by atoms with E-state index in [2.05, 4.69) is 0 Å². The van der Waals surface area contributed by atoms with Crippen molar-refractivity contribution in [1.29, 1.82) is 0 Å². The van der Waals surface area contributed by atoms with Crippen LogP contribution in [0, 0.1) is 6.92 Å². The van der Waals surface area contributed by atoms with Crippen LogP contribution in [-0.2, 0) is 14.8 Å². The third kappa shape index (κ3) is 3.31. The summed E-state index contributed by atoms with van der Waals surface area (Å²) in [5, 5.41) is 9.00. The molecule has 1 heterocycles. The molecule has 23 heavy (non-hydrogen) atoms. The maximum atomic E-state index is 12.4. The Morgan fingerprint density at radius 2 is 2.00 bits per heavy atom. The molecule has 1 aliphatic heterocycles. The Hall–Kier alpha value is -2.09. The molecule has 1 amide bonds. The molecule has 1 aliphatic rings. The molecule has 1 N–H and O–H groups in total. The van der Waals surface area contributed by atoms with E-state index in [4.69, 9.17) is 5.11 Å². The number of benzene rings is 1. The van der Waals surface area contributed by atoms with Crippen LogP contribution < -0.4 is 4.31 Å². The third-order valence-electron chi connectivity index (χ3n) is 4.09. The van der Waals surface area contributed by atoms with Gasteiger partial charge in [0.05, 0.1) is 11.4 Å². The maximum Gasteiger partial charge on any atom is 0.326 e. The molecule has 2 rings (SSSR count). The van der Waals surface area contributed by atoms with Crippen molar-refractivity contribution >= 4 is 27.6 Å². The topological polar surface area (TPSA) is 95.0 Å². The lowest BCUT2D eigenvalue weighted by atomic mass is 10.1. The zero-order chi connectivity index (χ0) is 17.4. The summed E-state index contributed by atoms with van der Waals surface area (Å²) in [7, 11) is -1.84.